The average molecular weight is 227 g/mol. The second kappa shape index (κ2) is 3.52. The maximum absolute atomic E-state index is 10.5. The molecule has 0 aliphatic heterocycles. The van der Waals surface area contributed by atoms with E-state index >= 15 is 0 Å². The zero-order chi connectivity index (χ0) is 10.1. The van der Waals surface area contributed by atoms with Crippen LogP contribution in [0.4, 0.5) is 0 Å². The fourth-order valence-corrected chi connectivity index (χ4v) is 1.61. The van der Waals surface area contributed by atoms with E-state index in [1.807, 2.05) is 0 Å². The summed E-state index contributed by atoms with van der Waals surface area (Å²) in [5.41, 5.74) is 1.16. The SMILES string of the molecule is O=Cc1ccc2nc(Cl)nc(Cl)c2c1. The van der Waals surface area contributed by atoms with Crippen molar-refractivity contribution in [1.29, 1.82) is 0 Å². The third kappa shape index (κ3) is 1.56. The summed E-state index contributed by atoms with van der Waals surface area (Å²) < 4.78 is 0. The molecule has 0 unspecified atom stereocenters. The maximum atomic E-state index is 10.5. The Balaban J connectivity index is 2.81. The Hall–Kier alpha value is -1.19. The van der Waals surface area contributed by atoms with Crippen LogP contribution in [0.15, 0.2) is 18.2 Å². The molecule has 2 rings (SSSR count). The van der Waals surface area contributed by atoms with Crippen molar-refractivity contribution in [2.24, 2.45) is 0 Å². The van der Waals surface area contributed by atoms with Crippen LogP contribution in [0.2, 0.25) is 10.4 Å². The third-order valence-electron chi connectivity index (χ3n) is 1.78. The number of carbonyl (C=O) groups excluding carboxylic acids is 1. The quantitative estimate of drug-likeness (QED) is 0.427. The van der Waals surface area contributed by atoms with E-state index in [-0.39, 0.29) is 10.4 Å². The summed E-state index contributed by atoms with van der Waals surface area (Å²) >= 11 is 11.5. The number of fused-ring (bicyclic) bond motifs is 1. The molecule has 0 saturated heterocycles. The van der Waals surface area contributed by atoms with Gasteiger partial charge in [0.25, 0.3) is 0 Å². The molecule has 14 heavy (non-hydrogen) atoms. The van der Waals surface area contributed by atoms with E-state index in [9.17, 15) is 4.79 Å². The van der Waals surface area contributed by atoms with Gasteiger partial charge in [-0.3, -0.25) is 4.79 Å². The summed E-state index contributed by atoms with van der Waals surface area (Å²) in [5, 5.41) is 0.978. The van der Waals surface area contributed by atoms with Gasteiger partial charge in [-0.25, -0.2) is 9.97 Å². The van der Waals surface area contributed by atoms with Crippen LogP contribution in [0, 0.1) is 0 Å². The van der Waals surface area contributed by atoms with E-state index < -0.39 is 0 Å². The number of halogens is 2. The molecule has 0 saturated carbocycles. The molecule has 2 aromatic rings. The Morgan fingerprint density at radius 3 is 2.71 bits per heavy atom. The predicted molar refractivity (Wildman–Crippen MR) is 54.9 cm³/mol. The number of aromatic nitrogens is 2. The minimum Gasteiger partial charge on any atom is -0.298 e. The van der Waals surface area contributed by atoms with Gasteiger partial charge in [-0.2, -0.15) is 0 Å². The average Bonchev–Trinajstić information content (AvgIpc) is 2.17. The molecule has 0 radical (unpaired) electrons. The van der Waals surface area contributed by atoms with Gasteiger partial charge < -0.3 is 0 Å². The molecular formula is C9H4Cl2N2O. The molecule has 1 heterocycles. The summed E-state index contributed by atoms with van der Waals surface area (Å²) in [4.78, 5) is 18.3. The van der Waals surface area contributed by atoms with E-state index in [1.165, 1.54) is 0 Å². The highest BCUT2D eigenvalue weighted by Crippen LogP contribution is 2.22. The Morgan fingerprint density at radius 2 is 2.00 bits per heavy atom. The van der Waals surface area contributed by atoms with Crippen LogP contribution in [0.5, 0.6) is 0 Å². The summed E-state index contributed by atoms with van der Waals surface area (Å²) in [6.45, 7) is 0. The Morgan fingerprint density at radius 1 is 1.21 bits per heavy atom. The largest absolute Gasteiger partial charge is 0.298 e. The first-order valence-electron chi connectivity index (χ1n) is 3.78. The summed E-state index contributed by atoms with van der Waals surface area (Å²) in [5.74, 6) is 0. The first kappa shape index (κ1) is 9.37. The van der Waals surface area contributed by atoms with E-state index in [4.69, 9.17) is 23.2 Å². The minimum atomic E-state index is 0.0985. The number of carbonyl (C=O) groups is 1. The molecule has 3 nitrogen and oxygen atoms in total. The van der Waals surface area contributed by atoms with Crippen LogP contribution in [-0.4, -0.2) is 16.3 Å². The van der Waals surface area contributed by atoms with Gasteiger partial charge in [0.15, 0.2) is 0 Å². The van der Waals surface area contributed by atoms with Crippen LogP contribution in [0.3, 0.4) is 0 Å². The predicted octanol–water partition coefficient (Wildman–Crippen LogP) is 2.75. The van der Waals surface area contributed by atoms with Crippen LogP contribution >= 0.6 is 23.2 Å². The molecule has 0 aliphatic carbocycles. The van der Waals surface area contributed by atoms with Crippen LogP contribution in [-0.2, 0) is 0 Å². The number of hydrogen-bond donors (Lipinski definition) is 0. The van der Waals surface area contributed by atoms with Crippen molar-refractivity contribution in [3.05, 3.63) is 34.2 Å². The number of aldehydes is 1. The highest BCUT2D eigenvalue weighted by atomic mass is 35.5. The molecule has 1 aromatic carbocycles. The Labute approximate surface area is 89.7 Å². The number of nitrogens with zero attached hydrogens (tertiary/aromatic N) is 2. The Kier molecular flexibility index (Phi) is 2.35. The summed E-state index contributed by atoms with van der Waals surface area (Å²) in [6, 6.07) is 4.95. The van der Waals surface area contributed by atoms with Crippen molar-refractivity contribution in [2.45, 2.75) is 0 Å². The smallest absolute Gasteiger partial charge is 0.224 e. The highest BCUT2D eigenvalue weighted by Gasteiger charge is 2.04. The molecule has 0 amide bonds. The van der Waals surface area contributed by atoms with E-state index in [2.05, 4.69) is 9.97 Å². The van der Waals surface area contributed by atoms with Gasteiger partial charge in [-0.1, -0.05) is 11.6 Å². The fraction of sp³-hybridized carbons (Fsp3) is 0. The van der Waals surface area contributed by atoms with Crippen LogP contribution in [0.25, 0.3) is 10.9 Å². The number of rotatable bonds is 1. The van der Waals surface area contributed by atoms with E-state index in [1.54, 1.807) is 18.2 Å². The van der Waals surface area contributed by atoms with Gasteiger partial charge in [0, 0.05) is 10.9 Å². The van der Waals surface area contributed by atoms with Crippen LogP contribution in [0.1, 0.15) is 10.4 Å². The maximum Gasteiger partial charge on any atom is 0.224 e. The highest BCUT2D eigenvalue weighted by molar-refractivity contribution is 6.35. The molecule has 0 spiro atoms. The van der Waals surface area contributed by atoms with Crippen molar-refractivity contribution in [2.75, 3.05) is 0 Å². The van der Waals surface area contributed by atoms with Crippen molar-refractivity contribution in [1.82, 2.24) is 9.97 Å². The minimum absolute atomic E-state index is 0.0985. The lowest BCUT2D eigenvalue weighted by atomic mass is 10.2. The molecule has 0 aliphatic rings. The lowest BCUT2D eigenvalue weighted by Gasteiger charge is -2.00. The molecular weight excluding hydrogens is 223 g/mol. The van der Waals surface area contributed by atoms with Gasteiger partial charge in [0.2, 0.25) is 5.28 Å². The second-order valence-electron chi connectivity index (χ2n) is 2.68. The fourth-order valence-electron chi connectivity index (χ4n) is 1.16. The van der Waals surface area contributed by atoms with Crippen molar-refractivity contribution >= 4 is 40.4 Å². The summed E-state index contributed by atoms with van der Waals surface area (Å²) in [6.07, 6.45) is 0.740. The number of hydrogen-bond acceptors (Lipinski definition) is 3. The van der Waals surface area contributed by atoms with Gasteiger partial charge in [0.05, 0.1) is 5.52 Å². The topological polar surface area (TPSA) is 42.9 Å². The number of benzene rings is 1. The zero-order valence-corrected chi connectivity index (χ0v) is 8.38. The molecule has 0 bridgehead atoms. The molecule has 70 valence electrons. The zero-order valence-electron chi connectivity index (χ0n) is 6.87. The second-order valence-corrected chi connectivity index (χ2v) is 3.37. The van der Waals surface area contributed by atoms with E-state index in [0.717, 1.165) is 6.29 Å². The van der Waals surface area contributed by atoms with Gasteiger partial charge in [-0.05, 0) is 29.8 Å². The van der Waals surface area contributed by atoms with Crippen molar-refractivity contribution < 1.29 is 4.79 Å². The lowest BCUT2D eigenvalue weighted by Crippen LogP contribution is -1.88. The molecule has 0 atom stereocenters. The van der Waals surface area contributed by atoms with Gasteiger partial charge in [0.1, 0.15) is 11.4 Å². The normalized spacial score (nSPS) is 10.4. The van der Waals surface area contributed by atoms with Gasteiger partial charge >= 0.3 is 0 Å². The first-order valence-corrected chi connectivity index (χ1v) is 4.54. The third-order valence-corrected chi connectivity index (χ3v) is 2.24. The van der Waals surface area contributed by atoms with E-state index in [0.29, 0.717) is 16.5 Å². The van der Waals surface area contributed by atoms with Gasteiger partial charge in [-0.15, -0.1) is 0 Å². The lowest BCUT2D eigenvalue weighted by molar-refractivity contribution is 0.112. The van der Waals surface area contributed by atoms with Crippen molar-refractivity contribution in [3.63, 3.8) is 0 Å². The monoisotopic (exact) mass is 226 g/mol. The molecule has 0 N–H and O–H groups in total. The first-order chi connectivity index (χ1) is 6.70. The summed E-state index contributed by atoms with van der Waals surface area (Å²) in [7, 11) is 0. The van der Waals surface area contributed by atoms with Crippen LogP contribution < -0.4 is 0 Å². The van der Waals surface area contributed by atoms with Crippen molar-refractivity contribution in [3.8, 4) is 0 Å². The molecule has 1 aromatic heterocycles. The molecule has 0 fully saturated rings. The standard InChI is InChI=1S/C9H4Cl2N2O/c10-8-6-3-5(4-14)1-2-7(6)12-9(11)13-8/h1-4H. The molecule has 5 heteroatoms. The Bertz CT molecular complexity index is 513.